The van der Waals surface area contributed by atoms with Crippen LogP contribution in [0.3, 0.4) is 0 Å². The van der Waals surface area contributed by atoms with E-state index < -0.39 is 91.8 Å². The molecule has 26 heteroatoms. The van der Waals surface area contributed by atoms with Crippen LogP contribution in [-0.4, -0.2) is 93.7 Å². The molecule has 0 radical (unpaired) electrons. The van der Waals surface area contributed by atoms with Crippen molar-refractivity contribution in [2.45, 2.75) is 68.4 Å². The number of aromatic nitrogens is 4. The van der Waals surface area contributed by atoms with Gasteiger partial charge in [0.1, 0.15) is 24.4 Å². The second kappa shape index (κ2) is 18.9. The van der Waals surface area contributed by atoms with E-state index in [0.717, 1.165) is 50.4 Å². The Morgan fingerprint density at radius 3 is 1.83 bits per heavy atom. The molecule has 59 heavy (non-hydrogen) atoms. The van der Waals surface area contributed by atoms with Crippen molar-refractivity contribution < 1.29 is 48.6 Å². The van der Waals surface area contributed by atoms with Crippen LogP contribution in [0.2, 0.25) is 0 Å². The number of aliphatic hydroxyl groups is 5. The fraction of sp³-hybridized carbons (Fsp3) is 0.394. The third kappa shape index (κ3) is 9.93. The fourth-order valence-corrected chi connectivity index (χ4v) is 7.18. The van der Waals surface area contributed by atoms with Crippen LogP contribution >= 0.6 is 7.75 Å². The zero-order chi connectivity index (χ0) is 43.0. The maximum Gasteiger partial charge on any atom is 0.406 e. The third-order valence-electron chi connectivity index (χ3n) is 9.12. The second-order valence-electron chi connectivity index (χ2n) is 12.9. The molecule has 0 amide bonds. The molecule has 9 unspecified atom stereocenters. The fourth-order valence-electron chi connectivity index (χ4n) is 5.88. The molecule has 2 aliphatic heterocycles. The number of aromatic amines is 2. The van der Waals surface area contributed by atoms with Crippen LogP contribution in [0, 0.1) is 6.92 Å². The number of aliphatic hydroxyl groups excluding tert-OH is 5. The first kappa shape index (κ1) is 44.4. The number of H-pyrrole nitrogens is 2. The maximum absolute atomic E-state index is 13.8. The second-order valence-corrected chi connectivity index (χ2v) is 14.8. The summed E-state index contributed by atoms with van der Waals surface area (Å²) < 4.78 is 37.6. The van der Waals surface area contributed by atoms with E-state index in [1.54, 1.807) is 36.4 Å². The van der Waals surface area contributed by atoms with E-state index in [4.69, 9.17) is 24.1 Å². The lowest BCUT2D eigenvalue weighted by molar-refractivity contribution is -0.125. The van der Waals surface area contributed by atoms with Crippen molar-refractivity contribution >= 4 is 7.75 Å². The molecule has 0 spiro atoms. The molecule has 314 valence electrons. The maximum atomic E-state index is 13.8. The quantitative estimate of drug-likeness (QED) is 0.0359. The summed E-state index contributed by atoms with van der Waals surface area (Å²) >= 11 is 0. The Kier molecular flexibility index (Phi) is 14.2. The Bertz CT molecular complexity index is 2490. The first-order valence-electron chi connectivity index (χ1n) is 17.3. The van der Waals surface area contributed by atoms with Crippen molar-refractivity contribution in [3.8, 4) is 0 Å². The Hall–Kier alpha value is -5.75. The Balaban J connectivity index is 0.000000277. The van der Waals surface area contributed by atoms with Crippen molar-refractivity contribution in [1.29, 1.82) is 0 Å². The monoisotopic (exact) mass is 843 g/mol. The number of hydrogen-bond donors (Lipinski definition) is 8. The van der Waals surface area contributed by atoms with Crippen LogP contribution in [-0.2, 0) is 36.2 Å². The highest BCUT2D eigenvalue weighted by Gasteiger charge is 2.57. The zero-order valence-corrected chi connectivity index (χ0v) is 31.6. The highest BCUT2D eigenvalue weighted by Crippen LogP contribution is 2.48. The highest BCUT2D eigenvalue weighted by atomic mass is 31.2. The number of benzene rings is 2. The molecular formula is C33H38N11O14P. The lowest BCUT2D eigenvalue weighted by atomic mass is 10.1. The molecule has 2 aromatic carbocycles. The van der Waals surface area contributed by atoms with Gasteiger partial charge in [-0.05, 0) is 34.7 Å². The van der Waals surface area contributed by atoms with Gasteiger partial charge < -0.3 is 35.0 Å². The standard InChI is InChI=1S/C24H27N6O8P.C9H11N5O6/c1-16-7-5-6-10-18(16)14-36-39(35,26-13-17-8-3-2-4-9-17)37-15-24(28-29-25)21(33)20(32)22(38-24)30-12-11-19(31)27-23(30)34;10-13-12-9(3-15)6(18)5(17)7(20-9)14-2-1-4(16)11-8(14)19/h2-12,20-22,32-33H,13-15H2,1H3,(H,26,35)(H,27,31,34);1-2,5-7,15,17-18H,3H2,(H,11,16,19). The van der Waals surface area contributed by atoms with E-state index in [9.17, 15) is 54.8 Å². The van der Waals surface area contributed by atoms with Gasteiger partial charge in [-0.15, -0.1) is 0 Å². The van der Waals surface area contributed by atoms with Crippen molar-refractivity contribution in [2.75, 3.05) is 13.2 Å². The van der Waals surface area contributed by atoms with Gasteiger partial charge in [0.2, 0.25) is 11.4 Å². The summed E-state index contributed by atoms with van der Waals surface area (Å²) in [5.74, 6) is 0. The molecule has 2 aliphatic rings. The van der Waals surface area contributed by atoms with E-state index in [2.05, 4.69) is 25.1 Å². The lowest BCUT2D eigenvalue weighted by Gasteiger charge is -2.29. The van der Waals surface area contributed by atoms with Gasteiger partial charge in [-0.2, -0.15) is 0 Å². The summed E-state index contributed by atoms with van der Waals surface area (Å²) in [6, 6.07) is 18.4. The molecule has 25 nitrogen and oxygen atoms in total. The Labute approximate surface area is 330 Å². The molecule has 2 fully saturated rings. The summed E-state index contributed by atoms with van der Waals surface area (Å²) in [5, 5.41) is 59.8. The van der Waals surface area contributed by atoms with E-state index >= 15 is 0 Å². The summed E-state index contributed by atoms with van der Waals surface area (Å²) in [7, 11) is -4.16. The minimum absolute atomic E-state index is 0.0852. The van der Waals surface area contributed by atoms with Gasteiger partial charge >= 0.3 is 19.1 Å². The lowest BCUT2D eigenvalue weighted by Crippen LogP contribution is -2.45. The molecular weight excluding hydrogens is 805 g/mol. The molecule has 6 rings (SSSR count). The summed E-state index contributed by atoms with van der Waals surface area (Å²) in [5.41, 5.74) is 12.5. The van der Waals surface area contributed by atoms with E-state index in [1.165, 1.54) is 0 Å². The topological polar surface area (TPSA) is 374 Å². The average Bonchev–Trinajstić information content (AvgIpc) is 3.61. The van der Waals surface area contributed by atoms with Gasteiger partial charge in [0.15, 0.2) is 12.5 Å². The molecule has 0 saturated carbocycles. The normalized spacial score (nSPS) is 27.1. The van der Waals surface area contributed by atoms with Gasteiger partial charge in [0.05, 0.1) is 19.8 Å². The first-order valence-corrected chi connectivity index (χ1v) is 18.8. The zero-order valence-electron chi connectivity index (χ0n) is 30.7. The number of rotatable bonds is 14. The largest absolute Gasteiger partial charge is 0.406 e. The van der Waals surface area contributed by atoms with Crippen LogP contribution in [0.1, 0.15) is 29.1 Å². The van der Waals surface area contributed by atoms with E-state index in [1.807, 2.05) is 35.1 Å². The van der Waals surface area contributed by atoms with Gasteiger partial charge in [-0.3, -0.25) is 37.7 Å². The Morgan fingerprint density at radius 1 is 0.797 bits per heavy atom. The molecule has 2 aromatic heterocycles. The average molecular weight is 844 g/mol. The number of nitrogens with zero attached hydrogens (tertiary/aromatic N) is 8. The molecule has 4 heterocycles. The predicted octanol–water partition coefficient (Wildman–Crippen LogP) is 0.0196. The molecule has 0 aliphatic carbocycles. The molecule has 9 atom stereocenters. The number of hydrogen-bond acceptors (Lipinski definition) is 16. The van der Waals surface area contributed by atoms with Gasteiger partial charge in [-0.1, -0.05) is 64.8 Å². The molecule has 2 saturated heterocycles. The molecule has 8 N–H and O–H groups in total. The molecule has 0 bridgehead atoms. The summed E-state index contributed by atoms with van der Waals surface area (Å²) in [6.07, 6.45) is -7.97. The minimum Gasteiger partial charge on any atom is -0.393 e. The number of azide groups is 2. The van der Waals surface area contributed by atoms with E-state index in [-0.39, 0.29) is 13.2 Å². The smallest absolute Gasteiger partial charge is 0.393 e. The van der Waals surface area contributed by atoms with Crippen LogP contribution < -0.4 is 27.6 Å². The van der Waals surface area contributed by atoms with Gasteiger partial charge in [0, 0.05) is 40.9 Å². The van der Waals surface area contributed by atoms with Gasteiger partial charge in [-0.25, -0.2) is 19.2 Å². The third-order valence-corrected chi connectivity index (χ3v) is 10.6. The van der Waals surface area contributed by atoms with Crippen molar-refractivity contribution in [3.63, 3.8) is 0 Å². The van der Waals surface area contributed by atoms with Crippen molar-refractivity contribution in [2.24, 2.45) is 10.2 Å². The van der Waals surface area contributed by atoms with E-state index in [0.29, 0.717) is 0 Å². The minimum atomic E-state index is -4.16. The summed E-state index contributed by atoms with van der Waals surface area (Å²) in [4.78, 5) is 55.3. The number of nitrogens with one attached hydrogen (secondary N) is 3. The SMILES string of the molecule is Cc1ccccc1COP(=O)(NCc1ccccc1)OCC1(N=[N+]=[N-])OC(n2ccc(=O)[nH]c2=O)C(O)C1O.[N-]=[N+]=NC1(CO)OC(n2ccc(=O)[nH]c2=O)C(O)C1O. The van der Waals surface area contributed by atoms with Crippen LogP contribution in [0.5, 0.6) is 0 Å². The predicted molar refractivity (Wildman–Crippen MR) is 201 cm³/mol. The number of aryl methyl sites for hydroxylation is 1. The van der Waals surface area contributed by atoms with Crippen molar-refractivity contribution in [1.82, 2.24) is 24.2 Å². The van der Waals surface area contributed by atoms with Crippen LogP contribution in [0.4, 0.5) is 0 Å². The summed E-state index contributed by atoms with van der Waals surface area (Å²) in [6.45, 7) is 0.131. The van der Waals surface area contributed by atoms with Gasteiger partial charge in [0.25, 0.3) is 11.1 Å². The number of ether oxygens (including phenoxy) is 2. The van der Waals surface area contributed by atoms with Crippen LogP contribution in [0.15, 0.2) is 109 Å². The molecule has 4 aromatic rings. The van der Waals surface area contributed by atoms with Crippen LogP contribution in [0.25, 0.3) is 20.9 Å². The van der Waals surface area contributed by atoms with Crippen molar-refractivity contribution in [3.05, 3.63) is 158 Å². The highest BCUT2D eigenvalue weighted by molar-refractivity contribution is 7.51. The first-order chi connectivity index (χ1) is 28.1. The Morgan fingerprint density at radius 2 is 1.31 bits per heavy atom.